The number of nitrogens with zero attached hydrogens (tertiary/aromatic N) is 1. The van der Waals surface area contributed by atoms with Crippen molar-refractivity contribution in [2.75, 3.05) is 13.2 Å². The second kappa shape index (κ2) is 6.74. The van der Waals surface area contributed by atoms with Gasteiger partial charge >= 0.3 is 5.97 Å². The maximum atomic E-state index is 12.9. The SMILES string of the molecule is CCOc1ccccc1C(=O)N1Cc2ccccc2C(C(=O)O)C1. The molecule has 1 aliphatic rings. The Balaban J connectivity index is 1.94. The van der Waals surface area contributed by atoms with E-state index in [-0.39, 0.29) is 12.5 Å². The van der Waals surface area contributed by atoms with Crippen LogP contribution in [0.3, 0.4) is 0 Å². The molecule has 0 aromatic heterocycles. The van der Waals surface area contributed by atoms with Crippen molar-refractivity contribution in [1.29, 1.82) is 0 Å². The Morgan fingerprint density at radius 1 is 1.17 bits per heavy atom. The molecular formula is C19H19NO4. The molecule has 0 spiro atoms. The van der Waals surface area contributed by atoms with E-state index in [1.807, 2.05) is 37.3 Å². The number of rotatable bonds is 4. The maximum absolute atomic E-state index is 12.9. The summed E-state index contributed by atoms with van der Waals surface area (Å²) in [7, 11) is 0. The van der Waals surface area contributed by atoms with Crippen molar-refractivity contribution < 1.29 is 19.4 Å². The minimum absolute atomic E-state index is 0.158. The first-order chi connectivity index (χ1) is 11.6. The van der Waals surface area contributed by atoms with E-state index in [4.69, 9.17) is 4.74 Å². The highest BCUT2D eigenvalue weighted by Crippen LogP contribution is 2.30. The lowest BCUT2D eigenvalue weighted by molar-refractivity contribution is -0.139. The van der Waals surface area contributed by atoms with Crippen molar-refractivity contribution in [3.63, 3.8) is 0 Å². The number of ether oxygens (including phenoxy) is 1. The Kier molecular flexibility index (Phi) is 4.51. The van der Waals surface area contributed by atoms with Crippen LogP contribution in [-0.4, -0.2) is 35.0 Å². The van der Waals surface area contributed by atoms with Gasteiger partial charge in [-0.25, -0.2) is 0 Å². The molecule has 24 heavy (non-hydrogen) atoms. The number of benzene rings is 2. The van der Waals surface area contributed by atoms with Gasteiger partial charge in [0.2, 0.25) is 0 Å². The van der Waals surface area contributed by atoms with Gasteiger partial charge in [-0.2, -0.15) is 0 Å². The number of carboxylic acids is 1. The fourth-order valence-electron chi connectivity index (χ4n) is 3.07. The van der Waals surface area contributed by atoms with Gasteiger partial charge in [0.15, 0.2) is 0 Å². The molecule has 5 nitrogen and oxygen atoms in total. The summed E-state index contributed by atoms with van der Waals surface area (Å²) in [6.07, 6.45) is 0. The van der Waals surface area contributed by atoms with Gasteiger partial charge < -0.3 is 14.7 Å². The Morgan fingerprint density at radius 3 is 2.62 bits per heavy atom. The first-order valence-electron chi connectivity index (χ1n) is 7.93. The predicted molar refractivity (Wildman–Crippen MR) is 89.2 cm³/mol. The van der Waals surface area contributed by atoms with Crippen molar-refractivity contribution in [2.45, 2.75) is 19.4 Å². The largest absolute Gasteiger partial charge is 0.493 e. The van der Waals surface area contributed by atoms with E-state index in [9.17, 15) is 14.7 Å². The molecule has 0 fully saturated rings. The molecule has 124 valence electrons. The summed E-state index contributed by atoms with van der Waals surface area (Å²) in [5.41, 5.74) is 2.12. The van der Waals surface area contributed by atoms with Gasteiger partial charge in [0.1, 0.15) is 5.75 Å². The fraction of sp³-hybridized carbons (Fsp3) is 0.263. The first-order valence-corrected chi connectivity index (χ1v) is 7.93. The van der Waals surface area contributed by atoms with Crippen molar-refractivity contribution in [3.05, 3.63) is 65.2 Å². The van der Waals surface area contributed by atoms with Crippen molar-refractivity contribution in [3.8, 4) is 5.75 Å². The molecule has 0 saturated carbocycles. The molecule has 0 radical (unpaired) electrons. The third-order valence-corrected chi connectivity index (χ3v) is 4.20. The molecule has 2 aromatic carbocycles. The second-order valence-electron chi connectivity index (χ2n) is 5.70. The number of aliphatic carboxylic acids is 1. The van der Waals surface area contributed by atoms with E-state index >= 15 is 0 Å². The van der Waals surface area contributed by atoms with Crippen LogP contribution >= 0.6 is 0 Å². The quantitative estimate of drug-likeness (QED) is 0.938. The Labute approximate surface area is 140 Å². The predicted octanol–water partition coefficient (Wildman–Crippen LogP) is 2.91. The fourth-order valence-corrected chi connectivity index (χ4v) is 3.07. The van der Waals surface area contributed by atoms with Crippen LogP contribution in [0.2, 0.25) is 0 Å². The monoisotopic (exact) mass is 325 g/mol. The summed E-state index contributed by atoms with van der Waals surface area (Å²) in [5, 5.41) is 9.53. The topological polar surface area (TPSA) is 66.8 Å². The molecule has 0 aliphatic carbocycles. The Morgan fingerprint density at radius 2 is 1.88 bits per heavy atom. The molecule has 0 bridgehead atoms. The molecule has 3 rings (SSSR count). The van der Waals surface area contributed by atoms with Crippen molar-refractivity contribution in [1.82, 2.24) is 4.90 Å². The number of fused-ring (bicyclic) bond motifs is 1. The highest BCUT2D eigenvalue weighted by atomic mass is 16.5. The average molecular weight is 325 g/mol. The summed E-state index contributed by atoms with van der Waals surface area (Å²) in [6.45, 7) is 2.88. The molecule has 2 aromatic rings. The normalized spacial score (nSPS) is 16.4. The van der Waals surface area contributed by atoms with Gasteiger partial charge in [-0.3, -0.25) is 9.59 Å². The molecule has 1 N–H and O–H groups in total. The maximum Gasteiger partial charge on any atom is 0.312 e. The Bertz CT molecular complexity index is 771. The van der Waals surface area contributed by atoms with E-state index in [0.717, 1.165) is 11.1 Å². The third kappa shape index (κ3) is 2.97. The van der Waals surface area contributed by atoms with Crippen LogP contribution in [-0.2, 0) is 11.3 Å². The van der Waals surface area contributed by atoms with Gasteiger partial charge in [0, 0.05) is 13.1 Å². The zero-order valence-electron chi connectivity index (χ0n) is 13.4. The van der Waals surface area contributed by atoms with Crippen LogP contribution in [0.4, 0.5) is 0 Å². The zero-order chi connectivity index (χ0) is 17.1. The minimum Gasteiger partial charge on any atom is -0.493 e. The highest BCUT2D eigenvalue weighted by Gasteiger charge is 2.33. The summed E-state index contributed by atoms with van der Waals surface area (Å²) in [5.74, 6) is -1.31. The number of carbonyl (C=O) groups is 2. The average Bonchev–Trinajstić information content (AvgIpc) is 2.61. The third-order valence-electron chi connectivity index (χ3n) is 4.20. The molecule has 1 aliphatic heterocycles. The number of carboxylic acid groups (broad SMARTS) is 1. The lowest BCUT2D eigenvalue weighted by Gasteiger charge is -2.33. The van der Waals surface area contributed by atoms with Crippen molar-refractivity contribution >= 4 is 11.9 Å². The zero-order valence-corrected chi connectivity index (χ0v) is 13.4. The second-order valence-corrected chi connectivity index (χ2v) is 5.70. The smallest absolute Gasteiger partial charge is 0.312 e. The molecule has 1 amide bonds. The number of hydrogen-bond donors (Lipinski definition) is 1. The standard InChI is InChI=1S/C19H19NO4/c1-2-24-17-10-6-5-9-15(17)18(21)20-11-13-7-3-4-8-14(13)16(12-20)19(22)23/h3-10,16H,2,11-12H2,1H3,(H,22,23). The van der Waals surface area contributed by atoms with Gasteiger partial charge in [-0.05, 0) is 30.2 Å². The minimum atomic E-state index is -0.918. The van der Waals surface area contributed by atoms with E-state index in [0.29, 0.717) is 24.5 Å². The van der Waals surface area contributed by atoms with Gasteiger partial charge in [0.05, 0.1) is 18.1 Å². The lowest BCUT2D eigenvalue weighted by atomic mass is 9.89. The summed E-state index contributed by atoms with van der Waals surface area (Å²) >= 11 is 0. The number of hydrogen-bond acceptors (Lipinski definition) is 3. The Hall–Kier alpha value is -2.82. The summed E-state index contributed by atoms with van der Waals surface area (Å²) in [6, 6.07) is 14.4. The van der Waals surface area contributed by atoms with E-state index < -0.39 is 11.9 Å². The number of amides is 1. The van der Waals surface area contributed by atoms with Crippen LogP contribution < -0.4 is 4.74 Å². The van der Waals surface area contributed by atoms with Crippen LogP contribution in [0.25, 0.3) is 0 Å². The van der Waals surface area contributed by atoms with Crippen LogP contribution in [0.5, 0.6) is 5.75 Å². The van der Waals surface area contributed by atoms with Gasteiger partial charge in [-0.15, -0.1) is 0 Å². The van der Waals surface area contributed by atoms with E-state index in [1.54, 1.807) is 23.1 Å². The molecule has 1 heterocycles. The molecule has 1 atom stereocenters. The van der Waals surface area contributed by atoms with Gasteiger partial charge in [-0.1, -0.05) is 36.4 Å². The van der Waals surface area contributed by atoms with Crippen LogP contribution in [0, 0.1) is 0 Å². The number of para-hydroxylation sites is 1. The van der Waals surface area contributed by atoms with Crippen molar-refractivity contribution in [2.24, 2.45) is 0 Å². The highest BCUT2D eigenvalue weighted by molar-refractivity contribution is 5.97. The summed E-state index contributed by atoms with van der Waals surface area (Å²) < 4.78 is 5.53. The number of carbonyl (C=O) groups excluding carboxylic acids is 1. The van der Waals surface area contributed by atoms with Crippen LogP contribution in [0.15, 0.2) is 48.5 Å². The molecule has 1 unspecified atom stereocenters. The van der Waals surface area contributed by atoms with Crippen LogP contribution in [0.1, 0.15) is 34.3 Å². The molecule has 5 heteroatoms. The van der Waals surface area contributed by atoms with Gasteiger partial charge in [0.25, 0.3) is 5.91 Å². The van der Waals surface area contributed by atoms with E-state index in [2.05, 4.69) is 0 Å². The van der Waals surface area contributed by atoms with E-state index in [1.165, 1.54) is 0 Å². The lowest BCUT2D eigenvalue weighted by Crippen LogP contribution is -2.40. The molecular weight excluding hydrogens is 306 g/mol. The first kappa shape index (κ1) is 16.1. The summed E-state index contributed by atoms with van der Waals surface area (Å²) in [4.78, 5) is 26.1. The molecule has 0 saturated heterocycles.